The summed E-state index contributed by atoms with van der Waals surface area (Å²) >= 11 is 0. The number of hydrogen-bond donors (Lipinski definition) is 2. The van der Waals surface area contributed by atoms with Gasteiger partial charge in [-0.1, -0.05) is 0 Å². The first kappa shape index (κ1) is 23.8. The maximum atomic E-state index is 14.3. The Balaban J connectivity index is 1.82. The number of nitrogens with two attached hydrogens (primary N) is 1. The molecule has 3 N–H and O–H groups in total. The number of aromatic nitrogens is 2. The van der Waals surface area contributed by atoms with Crippen LogP contribution in [0, 0.1) is 11.6 Å². The molecule has 0 saturated carbocycles. The molecule has 0 bridgehead atoms. The molecule has 3 rings (SSSR count). The molecule has 1 aromatic carbocycles. The van der Waals surface area contributed by atoms with Crippen LogP contribution in [0.4, 0.5) is 20.5 Å². The van der Waals surface area contributed by atoms with Crippen molar-refractivity contribution in [1.29, 1.82) is 0 Å². The Hall–Kier alpha value is -2.90. The molecular formula is C19H23F2N5O5S. The van der Waals surface area contributed by atoms with E-state index in [1.807, 2.05) is 0 Å². The van der Waals surface area contributed by atoms with Gasteiger partial charge in [0.05, 0.1) is 31.1 Å². The summed E-state index contributed by atoms with van der Waals surface area (Å²) in [6, 6.07) is 1.66. The van der Waals surface area contributed by atoms with Crippen molar-refractivity contribution < 1.29 is 31.5 Å². The van der Waals surface area contributed by atoms with E-state index < -0.39 is 39.1 Å². The van der Waals surface area contributed by atoms with E-state index in [-0.39, 0.29) is 42.2 Å². The Bertz CT molecular complexity index is 1130. The van der Waals surface area contributed by atoms with E-state index in [0.29, 0.717) is 6.42 Å². The molecule has 1 fully saturated rings. The third-order valence-electron chi connectivity index (χ3n) is 5.17. The van der Waals surface area contributed by atoms with Crippen LogP contribution in [-0.4, -0.2) is 74.2 Å². The first-order chi connectivity index (χ1) is 15.1. The lowest BCUT2D eigenvalue weighted by atomic mass is 10.0. The number of rotatable bonds is 7. The molecule has 32 heavy (non-hydrogen) atoms. The van der Waals surface area contributed by atoms with E-state index in [1.54, 1.807) is 0 Å². The van der Waals surface area contributed by atoms with Gasteiger partial charge >= 0.3 is 0 Å². The maximum Gasteiger partial charge on any atom is 0.224 e. The summed E-state index contributed by atoms with van der Waals surface area (Å²) in [5, 5.41) is 3.02. The second-order valence-corrected chi connectivity index (χ2v) is 9.18. The zero-order valence-corrected chi connectivity index (χ0v) is 18.4. The number of nitrogens with one attached hydrogen (secondary N) is 1. The predicted octanol–water partition coefficient (Wildman–Crippen LogP) is 1.04. The standard InChI is InChI=1S/C19H23F2N5O5S/c1-30-13-5-4-11(20)16(21)15(13)17(27)10-8-23-19(25-18(10)22)24-12-6-7-26(32(3,28)29)9-14(12)31-2/h4-5,8,12,14H,6-7,9H2,1-3H3,(H3,22,23,24,25). The van der Waals surface area contributed by atoms with Crippen LogP contribution in [0.2, 0.25) is 0 Å². The van der Waals surface area contributed by atoms with Crippen LogP contribution in [-0.2, 0) is 14.8 Å². The fourth-order valence-electron chi connectivity index (χ4n) is 3.45. The molecule has 10 nitrogen and oxygen atoms in total. The third kappa shape index (κ3) is 4.79. The lowest BCUT2D eigenvalue weighted by Crippen LogP contribution is -2.52. The number of benzene rings is 1. The minimum absolute atomic E-state index is 0.0746. The topological polar surface area (TPSA) is 137 Å². The molecule has 0 aliphatic carbocycles. The minimum Gasteiger partial charge on any atom is -0.496 e. The summed E-state index contributed by atoms with van der Waals surface area (Å²) in [7, 11) is -0.675. The average molecular weight is 471 g/mol. The van der Waals surface area contributed by atoms with Crippen molar-refractivity contribution in [3.05, 3.63) is 41.1 Å². The van der Waals surface area contributed by atoms with Gasteiger partial charge in [0.15, 0.2) is 11.6 Å². The lowest BCUT2D eigenvalue weighted by molar-refractivity contribution is 0.0471. The number of piperidine rings is 1. The number of carbonyl (C=O) groups is 1. The highest BCUT2D eigenvalue weighted by atomic mass is 32.2. The Kier molecular flexibility index (Phi) is 6.91. The van der Waals surface area contributed by atoms with E-state index in [1.165, 1.54) is 18.5 Å². The molecule has 0 spiro atoms. The van der Waals surface area contributed by atoms with E-state index in [9.17, 15) is 22.0 Å². The SMILES string of the molecule is COc1ccc(F)c(F)c1C(=O)c1cnc(NC2CCN(S(C)(=O)=O)CC2OC)nc1N. The largest absolute Gasteiger partial charge is 0.496 e. The number of sulfonamides is 1. The van der Waals surface area contributed by atoms with E-state index in [2.05, 4.69) is 15.3 Å². The zero-order valence-electron chi connectivity index (χ0n) is 17.6. The number of ether oxygens (including phenoxy) is 2. The van der Waals surface area contributed by atoms with Crippen LogP contribution in [0.15, 0.2) is 18.3 Å². The Morgan fingerprint density at radius 3 is 2.62 bits per heavy atom. The number of carbonyl (C=O) groups excluding carboxylic acids is 1. The number of anilines is 2. The van der Waals surface area contributed by atoms with Gasteiger partial charge in [-0.3, -0.25) is 4.79 Å². The Morgan fingerprint density at radius 2 is 2.03 bits per heavy atom. The molecule has 0 amide bonds. The van der Waals surface area contributed by atoms with Crippen LogP contribution in [0.3, 0.4) is 0 Å². The first-order valence-electron chi connectivity index (χ1n) is 9.50. The van der Waals surface area contributed by atoms with E-state index in [0.717, 1.165) is 24.6 Å². The van der Waals surface area contributed by atoms with Crippen molar-refractivity contribution in [3.63, 3.8) is 0 Å². The van der Waals surface area contributed by atoms with Gasteiger partial charge in [-0.2, -0.15) is 9.29 Å². The summed E-state index contributed by atoms with van der Waals surface area (Å²) in [5.74, 6) is -3.84. The molecular weight excluding hydrogens is 448 g/mol. The molecule has 13 heteroatoms. The first-order valence-corrected chi connectivity index (χ1v) is 11.3. The summed E-state index contributed by atoms with van der Waals surface area (Å²) in [6.45, 7) is 0.429. The zero-order chi connectivity index (χ0) is 23.6. The summed E-state index contributed by atoms with van der Waals surface area (Å²) in [4.78, 5) is 20.9. The molecule has 2 aromatic rings. The van der Waals surface area contributed by atoms with Crippen LogP contribution in [0.5, 0.6) is 5.75 Å². The van der Waals surface area contributed by atoms with Crippen molar-refractivity contribution in [3.8, 4) is 5.75 Å². The summed E-state index contributed by atoms with van der Waals surface area (Å²) in [5.41, 5.74) is 5.06. The highest BCUT2D eigenvalue weighted by Crippen LogP contribution is 2.28. The fraction of sp³-hybridized carbons (Fsp3) is 0.421. The van der Waals surface area contributed by atoms with E-state index in [4.69, 9.17) is 15.2 Å². The fourth-order valence-corrected chi connectivity index (χ4v) is 4.30. The van der Waals surface area contributed by atoms with Crippen molar-refractivity contribution >= 4 is 27.6 Å². The van der Waals surface area contributed by atoms with Gasteiger partial charge in [0.2, 0.25) is 21.8 Å². The third-order valence-corrected chi connectivity index (χ3v) is 6.44. The lowest BCUT2D eigenvalue weighted by Gasteiger charge is -2.36. The number of halogens is 2. The Labute approximate surface area is 183 Å². The Morgan fingerprint density at radius 1 is 1.31 bits per heavy atom. The van der Waals surface area contributed by atoms with Crippen LogP contribution in [0.1, 0.15) is 22.3 Å². The molecule has 2 atom stereocenters. The molecule has 1 aromatic heterocycles. The average Bonchev–Trinajstić information content (AvgIpc) is 2.74. The van der Waals surface area contributed by atoms with Gasteiger partial charge in [0.25, 0.3) is 0 Å². The van der Waals surface area contributed by atoms with Gasteiger partial charge in [0, 0.05) is 26.4 Å². The molecule has 1 saturated heterocycles. The number of methoxy groups -OCH3 is 2. The second kappa shape index (κ2) is 9.30. The van der Waals surface area contributed by atoms with Crippen LogP contribution < -0.4 is 15.8 Å². The smallest absolute Gasteiger partial charge is 0.224 e. The van der Waals surface area contributed by atoms with Gasteiger partial charge in [-0.15, -0.1) is 0 Å². The number of nitrogens with zero attached hydrogens (tertiary/aromatic N) is 3. The highest BCUT2D eigenvalue weighted by molar-refractivity contribution is 7.88. The molecule has 2 unspecified atom stereocenters. The predicted molar refractivity (Wildman–Crippen MR) is 112 cm³/mol. The normalized spacial score (nSPS) is 19.5. The molecule has 0 radical (unpaired) electrons. The van der Waals surface area contributed by atoms with Crippen LogP contribution >= 0.6 is 0 Å². The van der Waals surface area contributed by atoms with Gasteiger partial charge < -0.3 is 20.5 Å². The summed E-state index contributed by atoms with van der Waals surface area (Å²) in [6.07, 6.45) is 2.17. The van der Waals surface area contributed by atoms with Gasteiger partial charge in [-0.05, 0) is 18.6 Å². The molecule has 174 valence electrons. The quantitative estimate of drug-likeness (QED) is 0.568. The number of hydrogen-bond acceptors (Lipinski definition) is 9. The van der Waals surface area contributed by atoms with Gasteiger partial charge in [0.1, 0.15) is 17.1 Å². The maximum absolute atomic E-state index is 14.3. The van der Waals surface area contributed by atoms with Crippen molar-refractivity contribution in [1.82, 2.24) is 14.3 Å². The molecule has 2 heterocycles. The minimum atomic E-state index is -3.36. The number of nitrogen functional groups attached to an aromatic ring is 1. The van der Waals surface area contributed by atoms with Crippen molar-refractivity contribution in [2.24, 2.45) is 0 Å². The second-order valence-electron chi connectivity index (χ2n) is 7.19. The highest BCUT2D eigenvalue weighted by Gasteiger charge is 2.34. The van der Waals surface area contributed by atoms with Gasteiger partial charge in [-0.25, -0.2) is 22.2 Å². The van der Waals surface area contributed by atoms with Crippen molar-refractivity contribution in [2.45, 2.75) is 18.6 Å². The van der Waals surface area contributed by atoms with Crippen LogP contribution in [0.25, 0.3) is 0 Å². The summed E-state index contributed by atoms with van der Waals surface area (Å²) < 4.78 is 63.2. The monoisotopic (exact) mass is 471 g/mol. The molecule has 1 aliphatic rings. The van der Waals surface area contributed by atoms with Crippen molar-refractivity contribution in [2.75, 3.05) is 44.6 Å². The number of ketones is 1. The molecule has 1 aliphatic heterocycles. The van der Waals surface area contributed by atoms with E-state index >= 15 is 0 Å².